The van der Waals surface area contributed by atoms with Gasteiger partial charge in [0.15, 0.2) is 0 Å². The van der Waals surface area contributed by atoms with Gasteiger partial charge in [0.05, 0.1) is 6.10 Å². The summed E-state index contributed by atoms with van der Waals surface area (Å²) in [6.45, 7) is 9.39. The molecule has 2 fully saturated rings. The number of hydrogen-bond donors (Lipinski definition) is 1. The van der Waals surface area contributed by atoms with Crippen molar-refractivity contribution in [1.29, 1.82) is 0 Å². The van der Waals surface area contributed by atoms with Gasteiger partial charge in [-0.25, -0.2) is 0 Å². The molecule has 0 aromatic carbocycles. The molecule has 3 aliphatic carbocycles. The quantitative estimate of drug-likeness (QED) is 0.619. The van der Waals surface area contributed by atoms with Gasteiger partial charge in [-0.15, -0.1) is 0 Å². The fourth-order valence-corrected chi connectivity index (χ4v) is 5.96. The van der Waals surface area contributed by atoms with Crippen molar-refractivity contribution in [2.24, 2.45) is 22.2 Å². The average molecular weight is 220 g/mol. The molecule has 3 aliphatic rings. The van der Waals surface area contributed by atoms with E-state index in [9.17, 15) is 5.11 Å². The van der Waals surface area contributed by atoms with E-state index < -0.39 is 0 Å². The van der Waals surface area contributed by atoms with Crippen LogP contribution in [0, 0.1) is 22.2 Å². The highest BCUT2D eigenvalue weighted by Crippen LogP contribution is 2.77. The molecule has 0 unspecified atom stereocenters. The molecule has 1 N–H and O–H groups in total. The minimum atomic E-state index is -0.0944. The van der Waals surface area contributed by atoms with E-state index in [1.807, 2.05) is 0 Å². The average Bonchev–Trinajstić information content (AvgIpc) is 2.70. The molecule has 0 bridgehead atoms. The first-order valence-corrected chi connectivity index (χ1v) is 6.76. The van der Waals surface area contributed by atoms with Crippen LogP contribution >= 0.6 is 0 Å². The van der Waals surface area contributed by atoms with E-state index in [1.165, 1.54) is 24.8 Å². The molecule has 0 aromatic heterocycles. The maximum absolute atomic E-state index is 10.6. The number of aliphatic hydroxyl groups is 1. The second-order valence-electron chi connectivity index (χ2n) is 6.99. The third-order valence-electron chi connectivity index (χ3n) is 6.41. The third kappa shape index (κ3) is 0.796. The van der Waals surface area contributed by atoms with Gasteiger partial charge in [0.1, 0.15) is 0 Å². The molecule has 90 valence electrons. The van der Waals surface area contributed by atoms with Crippen LogP contribution in [0.2, 0.25) is 0 Å². The summed E-state index contributed by atoms with van der Waals surface area (Å²) in [5.74, 6) is 0.656. The second kappa shape index (κ2) is 2.75. The standard InChI is InChI=1S/C15H24O/c1-10-5-7-14-8-6-12(16)15(10,14)11(2)9-13(14,3)4/h9-10,12,16H,5-8H2,1-4H3/t10-,12+,14-,15-/m0/s1. The highest BCUT2D eigenvalue weighted by Gasteiger charge is 2.72. The van der Waals surface area contributed by atoms with Gasteiger partial charge in [-0.1, -0.05) is 32.4 Å². The molecule has 1 heteroatoms. The highest BCUT2D eigenvalue weighted by molar-refractivity contribution is 5.39. The predicted octanol–water partition coefficient (Wildman–Crippen LogP) is 3.53. The first-order valence-electron chi connectivity index (χ1n) is 6.76. The maximum atomic E-state index is 10.6. The molecule has 0 saturated heterocycles. The minimum absolute atomic E-state index is 0.0944. The van der Waals surface area contributed by atoms with Crippen LogP contribution in [0.15, 0.2) is 11.6 Å². The van der Waals surface area contributed by atoms with Crippen molar-refractivity contribution in [3.05, 3.63) is 11.6 Å². The van der Waals surface area contributed by atoms with Gasteiger partial charge in [0, 0.05) is 5.41 Å². The molecule has 2 saturated carbocycles. The van der Waals surface area contributed by atoms with Gasteiger partial charge in [0.2, 0.25) is 0 Å². The Morgan fingerprint density at radius 1 is 1.25 bits per heavy atom. The summed E-state index contributed by atoms with van der Waals surface area (Å²) in [6.07, 6.45) is 7.21. The molecule has 0 spiro atoms. The zero-order valence-corrected chi connectivity index (χ0v) is 11.0. The molecule has 4 atom stereocenters. The van der Waals surface area contributed by atoms with Crippen LogP contribution < -0.4 is 0 Å². The van der Waals surface area contributed by atoms with Crippen molar-refractivity contribution in [2.75, 3.05) is 0 Å². The lowest BCUT2D eigenvalue weighted by Gasteiger charge is -2.47. The number of rotatable bonds is 0. The van der Waals surface area contributed by atoms with E-state index in [0.29, 0.717) is 11.3 Å². The summed E-state index contributed by atoms with van der Waals surface area (Å²) in [4.78, 5) is 0. The summed E-state index contributed by atoms with van der Waals surface area (Å²) in [5, 5.41) is 10.6. The van der Waals surface area contributed by atoms with E-state index in [-0.39, 0.29) is 16.9 Å². The zero-order chi connectivity index (χ0) is 11.8. The lowest BCUT2D eigenvalue weighted by Crippen LogP contribution is -2.46. The van der Waals surface area contributed by atoms with E-state index in [0.717, 1.165) is 6.42 Å². The van der Waals surface area contributed by atoms with Crippen molar-refractivity contribution >= 4 is 0 Å². The number of aliphatic hydroxyl groups excluding tert-OH is 1. The van der Waals surface area contributed by atoms with Crippen molar-refractivity contribution in [1.82, 2.24) is 0 Å². The third-order valence-corrected chi connectivity index (χ3v) is 6.41. The SMILES string of the molecule is CC1=CC(C)(C)[C@]23CC[C@@H](O)[C@]12[C@@H](C)CC3. The fourth-order valence-electron chi connectivity index (χ4n) is 5.96. The monoisotopic (exact) mass is 220 g/mol. The minimum Gasteiger partial charge on any atom is -0.392 e. The fraction of sp³-hybridized carbons (Fsp3) is 0.867. The lowest BCUT2D eigenvalue weighted by atomic mass is 9.56. The molecular weight excluding hydrogens is 196 g/mol. The largest absolute Gasteiger partial charge is 0.392 e. The van der Waals surface area contributed by atoms with E-state index >= 15 is 0 Å². The molecule has 0 aliphatic heterocycles. The van der Waals surface area contributed by atoms with Crippen LogP contribution in [0.1, 0.15) is 53.4 Å². The topological polar surface area (TPSA) is 20.2 Å². The summed E-state index contributed by atoms with van der Waals surface area (Å²) in [6, 6.07) is 0. The maximum Gasteiger partial charge on any atom is 0.0641 e. The predicted molar refractivity (Wildman–Crippen MR) is 66.0 cm³/mol. The first-order chi connectivity index (χ1) is 7.38. The van der Waals surface area contributed by atoms with Gasteiger partial charge < -0.3 is 5.11 Å². The summed E-state index contributed by atoms with van der Waals surface area (Å²) >= 11 is 0. The molecule has 0 radical (unpaired) electrons. The van der Waals surface area contributed by atoms with Crippen molar-refractivity contribution < 1.29 is 5.11 Å². The molecule has 16 heavy (non-hydrogen) atoms. The Labute approximate surface area is 98.9 Å². The molecular formula is C15H24O. The van der Waals surface area contributed by atoms with E-state index in [1.54, 1.807) is 0 Å². The van der Waals surface area contributed by atoms with Crippen LogP contribution in [0.25, 0.3) is 0 Å². The van der Waals surface area contributed by atoms with Gasteiger partial charge in [-0.05, 0) is 49.4 Å². The zero-order valence-electron chi connectivity index (χ0n) is 11.0. The number of hydrogen-bond acceptors (Lipinski definition) is 1. The Kier molecular flexibility index (Phi) is 1.86. The Hall–Kier alpha value is -0.300. The normalized spacial score (nSPS) is 53.7. The molecule has 0 heterocycles. The smallest absolute Gasteiger partial charge is 0.0641 e. The van der Waals surface area contributed by atoms with Crippen LogP contribution in [0.5, 0.6) is 0 Å². The number of allylic oxidation sites excluding steroid dienone is 1. The second-order valence-corrected chi connectivity index (χ2v) is 6.99. The summed E-state index contributed by atoms with van der Waals surface area (Å²) < 4.78 is 0. The molecule has 3 rings (SSSR count). The molecule has 0 amide bonds. The van der Waals surface area contributed by atoms with Crippen LogP contribution in [-0.2, 0) is 0 Å². The summed E-state index contributed by atoms with van der Waals surface area (Å²) in [5.41, 5.74) is 2.24. The van der Waals surface area contributed by atoms with Crippen molar-refractivity contribution in [2.45, 2.75) is 59.5 Å². The van der Waals surface area contributed by atoms with Crippen LogP contribution in [0.3, 0.4) is 0 Å². The Balaban J connectivity index is 2.26. The van der Waals surface area contributed by atoms with Gasteiger partial charge in [0.25, 0.3) is 0 Å². The Morgan fingerprint density at radius 3 is 2.50 bits per heavy atom. The van der Waals surface area contributed by atoms with E-state index in [2.05, 4.69) is 33.8 Å². The van der Waals surface area contributed by atoms with Crippen LogP contribution in [0.4, 0.5) is 0 Å². The van der Waals surface area contributed by atoms with Crippen molar-refractivity contribution in [3.63, 3.8) is 0 Å². The van der Waals surface area contributed by atoms with Gasteiger partial charge in [-0.2, -0.15) is 0 Å². The van der Waals surface area contributed by atoms with Gasteiger partial charge >= 0.3 is 0 Å². The first kappa shape index (κ1) is 10.8. The summed E-state index contributed by atoms with van der Waals surface area (Å²) in [7, 11) is 0. The van der Waals surface area contributed by atoms with Crippen LogP contribution in [-0.4, -0.2) is 11.2 Å². The Bertz CT molecular complexity index is 350. The van der Waals surface area contributed by atoms with Crippen molar-refractivity contribution in [3.8, 4) is 0 Å². The van der Waals surface area contributed by atoms with E-state index in [4.69, 9.17) is 0 Å². The Morgan fingerprint density at radius 2 is 1.88 bits per heavy atom. The molecule has 0 aromatic rings. The highest BCUT2D eigenvalue weighted by atomic mass is 16.3. The lowest BCUT2D eigenvalue weighted by molar-refractivity contribution is -0.0264. The molecule has 1 nitrogen and oxygen atoms in total. The van der Waals surface area contributed by atoms with Gasteiger partial charge in [-0.3, -0.25) is 0 Å².